The highest BCUT2D eigenvalue weighted by Gasteiger charge is 2.14. The summed E-state index contributed by atoms with van der Waals surface area (Å²) < 4.78 is 31.2. The number of aryl methyl sites for hydroxylation is 1. The molecule has 0 bridgehead atoms. The van der Waals surface area contributed by atoms with Gasteiger partial charge < -0.3 is 15.1 Å². The molecule has 9 heteroatoms. The molecule has 3 aromatic rings. The van der Waals surface area contributed by atoms with Crippen molar-refractivity contribution in [2.75, 3.05) is 12.4 Å². The summed E-state index contributed by atoms with van der Waals surface area (Å²) in [4.78, 5) is 24.9. The van der Waals surface area contributed by atoms with E-state index in [1.807, 2.05) is 6.92 Å². The van der Waals surface area contributed by atoms with Crippen LogP contribution in [0.2, 0.25) is 0 Å². The summed E-state index contributed by atoms with van der Waals surface area (Å²) in [6, 6.07) is 14.4. The molecule has 0 radical (unpaired) electrons. The third-order valence-electron chi connectivity index (χ3n) is 4.42. The van der Waals surface area contributed by atoms with Crippen LogP contribution in [0.1, 0.15) is 32.0 Å². The Kier molecular flexibility index (Phi) is 6.34. The van der Waals surface area contributed by atoms with Gasteiger partial charge in [-0.2, -0.15) is 0 Å². The lowest BCUT2D eigenvalue weighted by Gasteiger charge is -2.11. The fourth-order valence-corrected chi connectivity index (χ4v) is 3.51. The van der Waals surface area contributed by atoms with E-state index in [4.69, 9.17) is 4.42 Å². The Morgan fingerprint density at radius 1 is 1.00 bits per heavy atom. The van der Waals surface area contributed by atoms with Crippen molar-refractivity contribution in [3.05, 3.63) is 83.3 Å². The minimum atomic E-state index is -3.56. The first-order valence-corrected chi connectivity index (χ1v) is 10.5. The lowest BCUT2D eigenvalue weighted by Crippen LogP contribution is -2.24. The zero-order chi connectivity index (χ0) is 21.7. The number of carbonyl (C=O) groups is 2. The topological polar surface area (TPSA) is 118 Å². The van der Waals surface area contributed by atoms with Gasteiger partial charge in [0.05, 0.1) is 11.2 Å². The summed E-state index contributed by atoms with van der Waals surface area (Å²) in [5, 5.41) is 5.48. The van der Waals surface area contributed by atoms with Crippen molar-refractivity contribution in [2.45, 2.75) is 18.4 Å². The molecule has 0 fully saturated rings. The third-order valence-corrected chi connectivity index (χ3v) is 5.84. The van der Waals surface area contributed by atoms with Crippen LogP contribution < -0.4 is 15.4 Å². The van der Waals surface area contributed by atoms with Crippen LogP contribution in [-0.2, 0) is 16.6 Å². The van der Waals surface area contributed by atoms with E-state index in [1.54, 1.807) is 42.5 Å². The summed E-state index contributed by atoms with van der Waals surface area (Å²) in [6.45, 7) is 1.96. The highest BCUT2D eigenvalue weighted by Crippen LogP contribution is 2.19. The van der Waals surface area contributed by atoms with Gasteiger partial charge in [-0.3, -0.25) is 9.59 Å². The molecule has 3 N–H and O–H groups in total. The normalized spacial score (nSPS) is 11.1. The van der Waals surface area contributed by atoms with E-state index in [9.17, 15) is 18.0 Å². The van der Waals surface area contributed by atoms with Gasteiger partial charge in [0, 0.05) is 17.8 Å². The summed E-state index contributed by atoms with van der Waals surface area (Å²) in [5.74, 6) is -0.603. The summed E-state index contributed by atoms with van der Waals surface area (Å²) >= 11 is 0. The molecular weight excluding hydrogens is 406 g/mol. The molecule has 0 spiro atoms. The van der Waals surface area contributed by atoms with Crippen LogP contribution >= 0.6 is 0 Å². The van der Waals surface area contributed by atoms with E-state index < -0.39 is 15.9 Å². The van der Waals surface area contributed by atoms with Gasteiger partial charge in [-0.05, 0) is 61.5 Å². The maximum Gasteiger partial charge on any atom is 0.291 e. The first kappa shape index (κ1) is 21.3. The zero-order valence-electron chi connectivity index (χ0n) is 16.4. The maximum atomic E-state index is 12.6. The molecule has 0 atom stereocenters. The van der Waals surface area contributed by atoms with Crippen molar-refractivity contribution in [3.63, 3.8) is 0 Å². The van der Waals surface area contributed by atoms with Gasteiger partial charge in [-0.15, -0.1) is 0 Å². The van der Waals surface area contributed by atoms with Gasteiger partial charge in [0.15, 0.2) is 5.76 Å². The molecule has 3 rings (SSSR count). The van der Waals surface area contributed by atoms with E-state index in [2.05, 4.69) is 15.4 Å². The molecule has 1 aromatic heterocycles. The largest absolute Gasteiger partial charge is 0.459 e. The molecule has 30 heavy (non-hydrogen) atoms. The fraction of sp³-hybridized carbons (Fsp3) is 0.143. The zero-order valence-corrected chi connectivity index (χ0v) is 17.2. The summed E-state index contributed by atoms with van der Waals surface area (Å²) in [5.41, 5.74) is 2.27. The highest BCUT2D eigenvalue weighted by molar-refractivity contribution is 7.89. The van der Waals surface area contributed by atoms with Crippen molar-refractivity contribution < 1.29 is 22.4 Å². The number of rotatable bonds is 7. The average Bonchev–Trinajstić information content (AvgIpc) is 3.29. The van der Waals surface area contributed by atoms with E-state index in [1.165, 1.54) is 25.4 Å². The smallest absolute Gasteiger partial charge is 0.291 e. The second kappa shape index (κ2) is 8.93. The van der Waals surface area contributed by atoms with Crippen LogP contribution in [0.4, 0.5) is 5.69 Å². The standard InChI is InChI=1S/C21H21N3O5S/c1-14-8-9-16(12-18(14)24-21(26)19-7-4-10-29-19)20(25)23-13-15-5-3-6-17(11-15)30(27,28)22-2/h3-12,22H,13H2,1-2H3,(H,23,25)(H,24,26). The van der Waals surface area contributed by atoms with E-state index >= 15 is 0 Å². The van der Waals surface area contributed by atoms with Crippen LogP contribution in [0.5, 0.6) is 0 Å². The first-order chi connectivity index (χ1) is 14.3. The van der Waals surface area contributed by atoms with Gasteiger partial charge in [0.2, 0.25) is 10.0 Å². The highest BCUT2D eigenvalue weighted by atomic mass is 32.2. The second-order valence-electron chi connectivity index (χ2n) is 6.50. The van der Waals surface area contributed by atoms with E-state index in [-0.39, 0.29) is 23.1 Å². The number of nitrogens with one attached hydrogen (secondary N) is 3. The molecule has 8 nitrogen and oxygen atoms in total. The molecule has 0 aliphatic heterocycles. The summed E-state index contributed by atoms with van der Waals surface area (Å²) in [7, 11) is -2.23. The fourth-order valence-electron chi connectivity index (χ4n) is 2.71. The minimum absolute atomic E-state index is 0.120. The third kappa shape index (κ3) is 4.94. The lowest BCUT2D eigenvalue weighted by molar-refractivity contribution is 0.0949. The predicted molar refractivity (Wildman–Crippen MR) is 112 cm³/mol. The van der Waals surface area contributed by atoms with Crippen LogP contribution in [0, 0.1) is 6.92 Å². The van der Waals surface area contributed by atoms with Crippen molar-refractivity contribution in [1.82, 2.24) is 10.0 Å². The number of amides is 2. The van der Waals surface area contributed by atoms with Crippen LogP contribution in [-0.4, -0.2) is 27.3 Å². The Morgan fingerprint density at radius 2 is 1.80 bits per heavy atom. The Balaban J connectivity index is 1.70. The quantitative estimate of drug-likeness (QED) is 0.536. The molecule has 1 heterocycles. The predicted octanol–water partition coefficient (Wildman–Crippen LogP) is 2.68. The molecule has 2 aromatic carbocycles. The number of sulfonamides is 1. The number of benzene rings is 2. The Hall–Kier alpha value is -3.43. The van der Waals surface area contributed by atoms with Gasteiger partial charge in [-0.1, -0.05) is 18.2 Å². The number of furan rings is 1. The van der Waals surface area contributed by atoms with Crippen molar-refractivity contribution >= 4 is 27.5 Å². The van der Waals surface area contributed by atoms with Gasteiger partial charge in [0.25, 0.3) is 11.8 Å². The van der Waals surface area contributed by atoms with E-state index in [0.717, 1.165) is 5.56 Å². The van der Waals surface area contributed by atoms with Crippen molar-refractivity contribution in [3.8, 4) is 0 Å². The van der Waals surface area contributed by atoms with Crippen LogP contribution in [0.3, 0.4) is 0 Å². The Morgan fingerprint density at radius 3 is 2.50 bits per heavy atom. The lowest BCUT2D eigenvalue weighted by atomic mass is 10.1. The maximum absolute atomic E-state index is 12.6. The summed E-state index contributed by atoms with van der Waals surface area (Å²) in [6.07, 6.45) is 1.41. The molecular formula is C21H21N3O5S. The second-order valence-corrected chi connectivity index (χ2v) is 8.39. The molecule has 0 saturated carbocycles. The number of carbonyl (C=O) groups excluding carboxylic acids is 2. The molecule has 0 saturated heterocycles. The van der Waals surface area contributed by atoms with Crippen molar-refractivity contribution in [1.29, 1.82) is 0 Å². The molecule has 156 valence electrons. The van der Waals surface area contributed by atoms with Gasteiger partial charge in [-0.25, -0.2) is 13.1 Å². The van der Waals surface area contributed by atoms with Crippen molar-refractivity contribution in [2.24, 2.45) is 0 Å². The van der Waals surface area contributed by atoms with Gasteiger partial charge >= 0.3 is 0 Å². The molecule has 0 unspecified atom stereocenters. The van der Waals surface area contributed by atoms with Crippen LogP contribution in [0.25, 0.3) is 0 Å². The molecule has 2 amide bonds. The average molecular weight is 427 g/mol. The van der Waals surface area contributed by atoms with Gasteiger partial charge in [0.1, 0.15) is 0 Å². The number of hydrogen-bond acceptors (Lipinski definition) is 5. The van der Waals surface area contributed by atoms with Crippen LogP contribution in [0.15, 0.2) is 70.2 Å². The Labute approximate surface area is 174 Å². The first-order valence-electron chi connectivity index (χ1n) is 9.06. The monoisotopic (exact) mass is 427 g/mol. The minimum Gasteiger partial charge on any atom is -0.459 e. The number of anilines is 1. The molecule has 0 aliphatic carbocycles. The molecule has 0 aliphatic rings. The Bertz CT molecular complexity index is 1170. The SMILES string of the molecule is CNS(=O)(=O)c1cccc(CNC(=O)c2ccc(C)c(NC(=O)c3ccco3)c2)c1. The number of hydrogen-bond donors (Lipinski definition) is 3. The van der Waals surface area contributed by atoms with E-state index in [0.29, 0.717) is 16.8 Å².